The first-order chi connectivity index (χ1) is 10.2. The second-order valence-electron chi connectivity index (χ2n) is 4.78. The molecule has 0 spiro atoms. The summed E-state index contributed by atoms with van der Waals surface area (Å²) in [5, 5.41) is 3.76. The number of benzene rings is 2. The van der Waals surface area contributed by atoms with Crippen LogP contribution in [0.4, 0.5) is 0 Å². The maximum atomic E-state index is 11.9. The number of hydrogen-bond acceptors (Lipinski definition) is 2. The van der Waals surface area contributed by atoms with Crippen LogP contribution in [0.1, 0.15) is 24.1 Å². The van der Waals surface area contributed by atoms with Gasteiger partial charge in [0.15, 0.2) is 0 Å². The maximum absolute atomic E-state index is 11.9. The minimum absolute atomic E-state index is 0.0274. The highest BCUT2D eigenvalue weighted by molar-refractivity contribution is 7.99. The molecule has 2 nitrogen and oxygen atoms in total. The van der Waals surface area contributed by atoms with Gasteiger partial charge in [-0.05, 0) is 24.1 Å². The van der Waals surface area contributed by atoms with Crippen molar-refractivity contribution in [2.45, 2.75) is 18.7 Å². The van der Waals surface area contributed by atoms with Crippen molar-refractivity contribution < 1.29 is 4.79 Å². The Bertz CT molecular complexity index is 588. The summed E-state index contributed by atoms with van der Waals surface area (Å²) in [5.74, 6) is 1.22. The van der Waals surface area contributed by atoms with Gasteiger partial charge in [0.2, 0.25) is 5.91 Å². The smallest absolute Gasteiger partial charge is 0.230 e. The number of carbonyl (C=O) groups is 1. The summed E-state index contributed by atoms with van der Waals surface area (Å²) < 4.78 is 0. The van der Waals surface area contributed by atoms with Crippen LogP contribution in [0.15, 0.2) is 54.6 Å². The van der Waals surface area contributed by atoms with Crippen molar-refractivity contribution >= 4 is 29.3 Å². The summed E-state index contributed by atoms with van der Waals surface area (Å²) in [5.41, 5.74) is 2.18. The molecule has 1 atom stereocenters. The molecule has 21 heavy (non-hydrogen) atoms. The van der Waals surface area contributed by atoms with Crippen LogP contribution in [0, 0.1) is 0 Å². The quantitative estimate of drug-likeness (QED) is 0.852. The lowest BCUT2D eigenvalue weighted by Crippen LogP contribution is -2.28. The van der Waals surface area contributed by atoms with Crippen molar-refractivity contribution in [1.29, 1.82) is 0 Å². The fourth-order valence-electron chi connectivity index (χ4n) is 1.98. The third-order valence-corrected chi connectivity index (χ3v) is 4.48. The number of thioether (sulfide) groups is 1. The highest BCUT2D eigenvalue weighted by Gasteiger charge is 2.09. The maximum Gasteiger partial charge on any atom is 0.230 e. The first-order valence-electron chi connectivity index (χ1n) is 6.82. The SMILES string of the molecule is CC(NC(=O)CSCc1ccccc1Cl)c1ccccc1. The lowest BCUT2D eigenvalue weighted by molar-refractivity contribution is -0.119. The molecule has 1 amide bonds. The summed E-state index contributed by atoms with van der Waals surface area (Å²) >= 11 is 7.66. The number of carbonyl (C=O) groups excluding carboxylic acids is 1. The van der Waals surface area contributed by atoms with Gasteiger partial charge in [0, 0.05) is 10.8 Å². The zero-order chi connectivity index (χ0) is 15.1. The fraction of sp³-hybridized carbons (Fsp3) is 0.235. The number of amides is 1. The lowest BCUT2D eigenvalue weighted by Gasteiger charge is -2.14. The van der Waals surface area contributed by atoms with E-state index in [1.807, 2.05) is 61.5 Å². The van der Waals surface area contributed by atoms with Crippen LogP contribution in [0.25, 0.3) is 0 Å². The molecule has 0 saturated heterocycles. The summed E-state index contributed by atoms with van der Waals surface area (Å²) in [6.07, 6.45) is 0. The molecule has 0 aromatic heterocycles. The van der Waals surface area contributed by atoms with Gasteiger partial charge >= 0.3 is 0 Å². The Labute approximate surface area is 134 Å². The van der Waals surface area contributed by atoms with E-state index >= 15 is 0 Å². The van der Waals surface area contributed by atoms with Crippen LogP contribution in [-0.4, -0.2) is 11.7 Å². The molecule has 2 aromatic carbocycles. The van der Waals surface area contributed by atoms with E-state index in [9.17, 15) is 4.79 Å². The highest BCUT2D eigenvalue weighted by Crippen LogP contribution is 2.20. The van der Waals surface area contributed by atoms with Crippen molar-refractivity contribution in [2.75, 3.05) is 5.75 Å². The third-order valence-electron chi connectivity index (χ3n) is 3.13. The minimum atomic E-state index is 0.0274. The Morgan fingerprint density at radius 2 is 1.81 bits per heavy atom. The van der Waals surface area contributed by atoms with Crippen LogP contribution in [0.3, 0.4) is 0 Å². The predicted octanol–water partition coefficient (Wildman–Crippen LogP) is 4.45. The molecule has 0 aliphatic carbocycles. The average molecular weight is 320 g/mol. The van der Waals surface area contributed by atoms with Crippen molar-refractivity contribution in [3.63, 3.8) is 0 Å². The Balaban J connectivity index is 1.76. The molecule has 0 radical (unpaired) electrons. The van der Waals surface area contributed by atoms with Gasteiger partial charge in [-0.3, -0.25) is 4.79 Å². The second-order valence-corrected chi connectivity index (χ2v) is 6.18. The third kappa shape index (κ3) is 5.10. The molecule has 1 N–H and O–H groups in total. The normalized spacial score (nSPS) is 11.9. The van der Waals surface area contributed by atoms with Gasteiger partial charge in [0.1, 0.15) is 0 Å². The van der Waals surface area contributed by atoms with Gasteiger partial charge in [0.05, 0.1) is 11.8 Å². The first-order valence-corrected chi connectivity index (χ1v) is 8.35. The van der Waals surface area contributed by atoms with Crippen LogP contribution in [0.5, 0.6) is 0 Å². The zero-order valence-electron chi connectivity index (χ0n) is 11.9. The molecule has 0 fully saturated rings. The van der Waals surface area contributed by atoms with Gasteiger partial charge < -0.3 is 5.32 Å². The number of halogens is 1. The molecule has 1 unspecified atom stereocenters. The monoisotopic (exact) mass is 319 g/mol. The summed E-state index contributed by atoms with van der Waals surface area (Å²) in [7, 11) is 0. The molecule has 110 valence electrons. The van der Waals surface area contributed by atoms with E-state index in [4.69, 9.17) is 11.6 Å². The van der Waals surface area contributed by atoms with Crippen LogP contribution >= 0.6 is 23.4 Å². The molecule has 0 saturated carbocycles. The Hall–Kier alpha value is -1.45. The lowest BCUT2D eigenvalue weighted by atomic mass is 10.1. The van der Waals surface area contributed by atoms with E-state index in [0.29, 0.717) is 5.75 Å². The van der Waals surface area contributed by atoms with Crippen molar-refractivity contribution in [2.24, 2.45) is 0 Å². The standard InChI is InChI=1S/C17H18ClNOS/c1-13(14-7-3-2-4-8-14)19-17(20)12-21-11-15-9-5-6-10-16(15)18/h2-10,13H,11-12H2,1H3,(H,19,20). The molecule has 0 heterocycles. The first kappa shape index (κ1) is 15.9. The zero-order valence-corrected chi connectivity index (χ0v) is 13.5. The van der Waals surface area contributed by atoms with Gasteiger partial charge in [-0.15, -0.1) is 11.8 Å². The van der Waals surface area contributed by atoms with Gasteiger partial charge in [0.25, 0.3) is 0 Å². The van der Waals surface area contributed by atoms with Crippen molar-refractivity contribution in [3.8, 4) is 0 Å². The Morgan fingerprint density at radius 3 is 2.52 bits per heavy atom. The second kappa shape index (κ2) is 8.11. The van der Waals surface area contributed by atoms with Crippen LogP contribution in [0.2, 0.25) is 5.02 Å². The van der Waals surface area contributed by atoms with Gasteiger partial charge in [-0.1, -0.05) is 60.1 Å². The van der Waals surface area contributed by atoms with E-state index in [-0.39, 0.29) is 11.9 Å². The molecule has 2 rings (SSSR count). The van der Waals surface area contributed by atoms with E-state index < -0.39 is 0 Å². The van der Waals surface area contributed by atoms with E-state index in [1.54, 1.807) is 11.8 Å². The predicted molar refractivity (Wildman–Crippen MR) is 90.6 cm³/mol. The molecule has 4 heteroatoms. The fourth-order valence-corrected chi connectivity index (χ4v) is 3.10. The summed E-state index contributed by atoms with van der Waals surface area (Å²) in [4.78, 5) is 11.9. The van der Waals surface area contributed by atoms with E-state index in [1.165, 1.54) is 0 Å². The van der Waals surface area contributed by atoms with Crippen molar-refractivity contribution in [1.82, 2.24) is 5.32 Å². The highest BCUT2D eigenvalue weighted by atomic mass is 35.5. The van der Waals surface area contributed by atoms with E-state index in [0.717, 1.165) is 21.9 Å². The topological polar surface area (TPSA) is 29.1 Å². The largest absolute Gasteiger partial charge is 0.349 e. The van der Waals surface area contributed by atoms with Gasteiger partial charge in [-0.2, -0.15) is 0 Å². The van der Waals surface area contributed by atoms with E-state index in [2.05, 4.69) is 5.32 Å². The average Bonchev–Trinajstić information content (AvgIpc) is 2.50. The molecule has 2 aromatic rings. The molecular weight excluding hydrogens is 302 g/mol. The number of hydrogen-bond donors (Lipinski definition) is 1. The summed E-state index contributed by atoms with van der Waals surface area (Å²) in [6, 6.07) is 17.7. The number of rotatable bonds is 6. The van der Waals surface area contributed by atoms with Crippen LogP contribution < -0.4 is 5.32 Å². The molecule has 0 aliphatic rings. The van der Waals surface area contributed by atoms with Gasteiger partial charge in [-0.25, -0.2) is 0 Å². The van der Waals surface area contributed by atoms with Crippen molar-refractivity contribution in [3.05, 3.63) is 70.7 Å². The summed E-state index contributed by atoms with van der Waals surface area (Å²) in [6.45, 7) is 1.99. The molecular formula is C17H18ClNOS. The van der Waals surface area contributed by atoms with Crippen LogP contribution in [-0.2, 0) is 10.5 Å². The Kier molecular flexibility index (Phi) is 6.15. The number of nitrogens with one attached hydrogen (secondary N) is 1. The minimum Gasteiger partial charge on any atom is -0.349 e. The molecule has 0 bridgehead atoms. The molecule has 0 aliphatic heterocycles. The Morgan fingerprint density at radius 1 is 1.14 bits per heavy atom.